The highest BCUT2D eigenvalue weighted by Gasteiger charge is 2.40. The molecule has 4 unspecified atom stereocenters. The standard InChI is InChI=1S/C18H24N2O/c19-15-4-5-16-13(9-15)3-6-17(16)20-18(21)10-14-8-11-1-2-12(14)7-11/h4-5,9,11-12,14,17H,1-3,6-8,10,19H2,(H,20,21). The molecule has 3 N–H and O–H groups in total. The number of carbonyl (C=O) groups excluding carboxylic acids is 1. The Morgan fingerprint density at radius 3 is 2.90 bits per heavy atom. The van der Waals surface area contributed by atoms with E-state index in [9.17, 15) is 4.79 Å². The van der Waals surface area contributed by atoms with Crippen LogP contribution < -0.4 is 11.1 Å². The van der Waals surface area contributed by atoms with Gasteiger partial charge in [-0.15, -0.1) is 0 Å². The number of carbonyl (C=O) groups is 1. The fraction of sp³-hybridized carbons (Fsp3) is 0.611. The van der Waals surface area contributed by atoms with Crippen molar-refractivity contribution in [2.75, 3.05) is 5.73 Å². The van der Waals surface area contributed by atoms with Gasteiger partial charge in [-0.3, -0.25) is 4.79 Å². The second-order valence-corrected chi connectivity index (χ2v) is 7.26. The second kappa shape index (κ2) is 5.04. The van der Waals surface area contributed by atoms with E-state index in [0.717, 1.165) is 36.8 Å². The van der Waals surface area contributed by atoms with Crippen molar-refractivity contribution in [3.05, 3.63) is 29.3 Å². The summed E-state index contributed by atoms with van der Waals surface area (Å²) >= 11 is 0. The van der Waals surface area contributed by atoms with Gasteiger partial charge in [-0.2, -0.15) is 0 Å². The molecule has 2 bridgehead atoms. The zero-order chi connectivity index (χ0) is 14.4. The van der Waals surface area contributed by atoms with E-state index in [-0.39, 0.29) is 11.9 Å². The summed E-state index contributed by atoms with van der Waals surface area (Å²) in [6.45, 7) is 0. The van der Waals surface area contributed by atoms with E-state index < -0.39 is 0 Å². The average Bonchev–Trinajstić information content (AvgIpc) is 3.14. The number of hydrogen-bond acceptors (Lipinski definition) is 2. The predicted octanol–water partition coefficient (Wildman–Crippen LogP) is 3.20. The Morgan fingerprint density at radius 1 is 1.24 bits per heavy atom. The number of hydrogen-bond donors (Lipinski definition) is 2. The number of nitrogens with two attached hydrogens (primary N) is 1. The van der Waals surface area contributed by atoms with Crippen molar-refractivity contribution >= 4 is 11.6 Å². The third-order valence-corrected chi connectivity index (χ3v) is 5.91. The quantitative estimate of drug-likeness (QED) is 0.837. The van der Waals surface area contributed by atoms with E-state index >= 15 is 0 Å². The summed E-state index contributed by atoms with van der Waals surface area (Å²) in [7, 11) is 0. The fourth-order valence-electron chi connectivity index (χ4n) is 4.91. The number of amides is 1. The van der Waals surface area contributed by atoms with Gasteiger partial charge in [0.25, 0.3) is 0 Å². The molecule has 0 heterocycles. The lowest BCUT2D eigenvalue weighted by atomic mass is 9.86. The van der Waals surface area contributed by atoms with E-state index in [1.54, 1.807) is 0 Å². The summed E-state index contributed by atoms with van der Waals surface area (Å²) in [6, 6.07) is 6.28. The Bertz CT molecular complexity index is 568. The number of aryl methyl sites for hydroxylation is 1. The Kier molecular flexibility index (Phi) is 3.16. The highest BCUT2D eigenvalue weighted by atomic mass is 16.1. The van der Waals surface area contributed by atoms with Gasteiger partial charge in [-0.1, -0.05) is 12.5 Å². The van der Waals surface area contributed by atoms with Crippen molar-refractivity contribution in [1.82, 2.24) is 5.32 Å². The zero-order valence-electron chi connectivity index (χ0n) is 12.5. The molecule has 0 spiro atoms. The van der Waals surface area contributed by atoms with Crippen molar-refractivity contribution in [2.45, 2.75) is 51.0 Å². The van der Waals surface area contributed by atoms with Gasteiger partial charge in [-0.05, 0) is 73.1 Å². The zero-order valence-corrected chi connectivity index (χ0v) is 12.5. The van der Waals surface area contributed by atoms with Crippen LogP contribution in [0, 0.1) is 17.8 Å². The molecule has 2 saturated carbocycles. The van der Waals surface area contributed by atoms with Gasteiger partial charge in [0.1, 0.15) is 0 Å². The maximum absolute atomic E-state index is 12.4. The Hall–Kier alpha value is -1.51. The van der Waals surface area contributed by atoms with Crippen LogP contribution in [0.25, 0.3) is 0 Å². The van der Waals surface area contributed by atoms with Crippen molar-refractivity contribution in [3.8, 4) is 0 Å². The molecule has 4 atom stereocenters. The first-order chi connectivity index (χ1) is 10.2. The summed E-state index contributed by atoms with van der Waals surface area (Å²) in [5.41, 5.74) is 9.23. The summed E-state index contributed by atoms with van der Waals surface area (Å²) in [5.74, 6) is 2.65. The molecule has 3 aliphatic rings. The van der Waals surface area contributed by atoms with Crippen molar-refractivity contribution in [3.63, 3.8) is 0 Å². The molecule has 3 nitrogen and oxygen atoms in total. The Morgan fingerprint density at radius 2 is 2.14 bits per heavy atom. The number of anilines is 1. The van der Waals surface area contributed by atoms with Gasteiger partial charge in [0.15, 0.2) is 0 Å². The topological polar surface area (TPSA) is 55.1 Å². The van der Waals surface area contributed by atoms with Crippen LogP contribution in [0.1, 0.15) is 55.7 Å². The molecule has 112 valence electrons. The predicted molar refractivity (Wildman–Crippen MR) is 83.6 cm³/mol. The maximum Gasteiger partial charge on any atom is 0.220 e. The molecular formula is C18H24N2O. The second-order valence-electron chi connectivity index (χ2n) is 7.26. The molecule has 1 aromatic rings. The molecule has 1 amide bonds. The molecular weight excluding hydrogens is 260 g/mol. The number of rotatable bonds is 3. The maximum atomic E-state index is 12.4. The molecule has 0 aromatic heterocycles. The lowest BCUT2D eigenvalue weighted by molar-refractivity contribution is -0.123. The van der Waals surface area contributed by atoms with E-state index in [1.165, 1.54) is 36.8 Å². The van der Waals surface area contributed by atoms with E-state index in [2.05, 4.69) is 17.4 Å². The summed E-state index contributed by atoms with van der Waals surface area (Å²) in [4.78, 5) is 12.4. The Balaban J connectivity index is 1.38. The van der Waals surface area contributed by atoms with E-state index in [4.69, 9.17) is 5.73 Å². The van der Waals surface area contributed by atoms with Crippen LogP contribution in [0.3, 0.4) is 0 Å². The van der Waals surface area contributed by atoms with Crippen LogP contribution >= 0.6 is 0 Å². The number of nitrogens with one attached hydrogen (secondary N) is 1. The molecule has 2 fully saturated rings. The smallest absolute Gasteiger partial charge is 0.220 e. The first-order valence-corrected chi connectivity index (χ1v) is 8.36. The SMILES string of the molecule is Nc1ccc2c(c1)CCC2NC(=O)CC1CC2CCC1C2. The van der Waals surface area contributed by atoms with Crippen LogP contribution in [-0.4, -0.2) is 5.91 Å². The van der Waals surface area contributed by atoms with Crippen LogP contribution in [0.4, 0.5) is 5.69 Å². The molecule has 0 saturated heterocycles. The van der Waals surface area contributed by atoms with Gasteiger partial charge < -0.3 is 11.1 Å². The lowest BCUT2D eigenvalue weighted by Crippen LogP contribution is -2.30. The minimum Gasteiger partial charge on any atom is -0.399 e. The molecule has 3 aliphatic carbocycles. The van der Waals surface area contributed by atoms with Gasteiger partial charge in [0.2, 0.25) is 5.91 Å². The number of fused-ring (bicyclic) bond motifs is 3. The number of nitrogen functional groups attached to an aromatic ring is 1. The molecule has 0 aliphatic heterocycles. The molecule has 1 aromatic carbocycles. The van der Waals surface area contributed by atoms with E-state index in [1.807, 2.05) is 6.07 Å². The summed E-state index contributed by atoms with van der Waals surface area (Å²) in [5, 5.41) is 3.26. The third kappa shape index (κ3) is 2.43. The molecule has 3 heteroatoms. The normalized spacial score (nSPS) is 33.1. The Labute approximate surface area is 126 Å². The first-order valence-electron chi connectivity index (χ1n) is 8.36. The van der Waals surface area contributed by atoms with Gasteiger partial charge in [0.05, 0.1) is 6.04 Å². The van der Waals surface area contributed by atoms with Gasteiger partial charge in [0, 0.05) is 12.1 Å². The summed E-state index contributed by atoms with van der Waals surface area (Å²) in [6.07, 6.45) is 8.20. The van der Waals surface area contributed by atoms with Crippen LogP contribution in [0.2, 0.25) is 0 Å². The largest absolute Gasteiger partial charge is 0.399 e. The van der Waals surface area contributed by atoms with Gasteiger partial charge in [-0.25, -0.2) is 0 Å². The molecule has 0 radical (unpaired) electrons. The average molecular weight is 284 g/mol. The van der Waals surface area contributed by atoms with Crippen molar-refractivity contribution in [1.29, 1.82) is 0 Å². The van der Waals surface area contributed by atoms with Crippen molar-refractivity contribution < 1.29 is 4.79 Å². The van der Waals surface area contributed by atoms with E-state index in [0.29, 0.717) is 5.92 Å². The minimum atomic E-state index is 0.201. The highest BCUT2D eigenvalue weighted by molar-refractivity contribution is 5.77. The third-order valence-electron chi connectivity index (χ3n) is 5.91. The monoisotopic (exact) mass is 284 g/mol. The van der Waals surface area contributed by atoms with Gasteiger partial charge >= 0.3 is 0 Å². The minimum absolute atomic E-state index is 0.201. The van der Waals surface area contributed by atoms with Crippen molar-refractivity contribution in [2.24, 2.45) is 17.8 Å². The summed E-state index contributed by atoms with van der Waals surface area (Å²) < 4.78 is 0. The number of benzene rings is 1. The highest BCUT2D eigenvalue weighted by Crippen LogP contribution is 2.49. The fourth-order valence-corrected chi connectivity index (χ4v) is 4.91. The molecule has 21 heavy (non-hydrogen) atoms. The van der Waals surface area contributed by atoms with Crippen LogP contribution in [0.15, 0.2) is 18.2 Å². The van der Waals surface area contributed by atoms with Crippen LogP contribution in [-0.2, 0) is 11.2 Å². The molecule has 4 rings (SSSR count). The lowest BCUT2D eigenvalue weighted by Gasteiger charge is -2.22. The first kappa shape index (κ1) is 13.2. The van der Waals surface area contributed by atoms with Crippen LogP contribution in [0.5, 0.6) is 0 Å².